The van der Waals surface area contributed by atoms with Crippen LogP contribution in [0.15, 0.2) is 48.8 Å². The van der Waals surface area contributed by atoms with E-state index in [1.807, 2.05) is 18.7 Å². The Morgan fingerprint density at radius 3 is 2.52 bits per heavy atom. The van der Waals surface area contributed by atoms with E-state index in [2.05, 4.69) is 34.6 Å². The van der Waals surface area contributed by atoms with Crippen LogP contribution in [0.25, 0.3) is 0 Å². The number of hydrogen-bond acceptors (Lipinski definition) is 3. The van der Waals surface area contributed by atoms with E-state index in [0.717, 1.165) is 32.4 Å². The molecule has 0 saturated carbocycles. The van der Waals surface area contributed by atoms with Crippen LogP contribution in [0.1, 0.15) is 66.9 Å². The highest BCUT2D eigenvalue weighted by Gasteiger charge is 2.46. The summed E-state index contributed by atoms with van der Waals surface area (Å²) in [6.45, 7) is 5.50. The van der Waals surface area contributed by atoms with Gasteiger partial charge in [0.2, 0.25) is 5.91 Å². The second-order valence-corrected chi connectivity index (χ2v) is 8.72. The van der Waals surface area contributed by atoms with Crippen LogP contribution in [0, 0.1) is 0 Å². The first-order valence-electron chi connectivity index (χ1n) is 10.6. The average molecular weight is 392 g/mol. The Hall–Kier alpha value is -2.69. The number of rotatable bonds is 4. The number of aromatic nitrogens is 1. The van der Waals surface area contributed by atoms with Gasteiger partial charge in [-0.1, -0.05) is 24.3 Å². The number of pyridine rings is 1. The van der Waals surface area contributed by atoms with Crippen LogP contribution in [0.2, 0.25) is 0 Å². The monoisotopic (exact) mass is 391 g/mol. The standard InChI is InChI=1S/C24H29N3O2/c1-17(2)26-22(28)15-19-16-24(21-6-4-3-5-20(19)21)9-13-27(14-10-24)23(29)18-7-11-25-12-8-18/h3-8,11-12,17,19H,9-10,13-16H2,1-2H3,(H,26,28). The van der Waals surface area contributed by atoms with E-state index in [9.17, 15) is 9.59 Å². The van der Waals surface area contributed by atoms with Crippen LogP contribution < -0.4 is 5.32 Å². The molecule has 4 rings (SSSR count). The van der Waals surface area contributed by atoms with Crippen molar-refractivity contribution in [3.63, 3.8) is 0 Å². The number of benzene rings is 1. The Morgan fingerprint density at radius 1 is 1.14 bits per heavy atom. The molecule has 1 spiro atoms. The fraction of sp³-hybridized carbons (Fsp3) is 0.458. The van der Waals surface area contributed by atoms with Gasteiger partial charge in [-0.15, -0.1) is 0 Å². The SMILES string of the molecule is CC(C)NC(=O)CC1CC2(CCN(C(=O)c3ccncc3)CC2)c2ccccc21. The number of amides is 2. The third-order valence-electron chi connectivity index (χ3n) is 6.43. The number of piperidine rings is 1. The number of likely N-dealkylation sites (tertiary alicyclic amines) is 1. The Kier molecular flexibility index (Phi) is 5.39. The third kappa shape index (κ3) is 3.91. The molecule has 1 atom stereocenters. The first-order valence-corrected chi connectivity index (χ1v) is 10.6. The third-order valence-corrected chi connectivity index (χ3v) is 6.43. The molecule has 1 fully saturated rings. The smallest absolute Gasteiger partial charge is 0.253 e. The number of fused-ring (bicyclic) bond motifs is 2. The van der Waals surface area contributed by atoms with E-state index in [1.54, 1.807) is 24.5 Å². The molecule has 1 aliphatic carbocycles. The van der Waals surface area contributed by atoms with Crippen molar-refractivity contribution in [1.82, 2.24) is 15.2 Å². The molecule has 2 heterocycles. The van der Waals surface area contributed by atoms with Gasteiger partial charge in [-0.05, 0) is 67.7 Å². The summed E-state index contributed by atoms with van der Waals surface area (Å²) >= 11 is 0. The summed E-state index contributed by atoms with van der Waals surface area (Å²) in [7, 11) is 0. The molecular weight excluding hydrogens is 362 g/mol. The second kappa shape index (κ2) is 7.97. The Labute approximate surface area is 172 Å². The summed E-state index contributed by atoms with van der Waals surface area (Å²) in [6, 6.07) is 12.3. The predicted octanol–water partition coefficient (Wildman–Crippen LogP) is 3.66. The maximum atomic E-state index is 12.8. The van der Waals surface area contributed by atoms with E-state index in [4.69, 9.17) is 0 Å². The van der Waals surface area contributed by atoms with Crippen LogP contribution in [-0.2, 0) is 10.2 Å². The molecule has 0 bridgehead atoms. The number of hydrogen-bond donors (Lipinski definition) is 1. The fourth-order valence-corrected chi connectivity index (χ4v) is 5.10. The highest BCUT2D eigenvalue weighted by Crippen LogP contribution is 2.52. The maximum absolute atomic E-state index is 12.8. The Balaban J connectivity index is 1.49. The van der Waals surface area contributed by atoms with E-state index in [1.165, 1.54) is 11.1 Å². The van der Waals surface area contributed by atoms with Crippen LogP contribution in [0.4, 0.5) is 0 Å². The van der Waals surface area contributed by atoms with Crippen LogP contribution in [0.5, 0.6) is 0 Å². The van der Waals surface area contributed by atoms with E-state index >= 15 is 0 Å². The molecule has 0 radical (unpaired) electrons. The molecule has 2 amide bonds. The summed E-state index contributed by atoms with van der Waals surface area (Å²) in [5.74, 6) is 0.468. The Morgan fingerprint density at radius 2 is 1.83 bits per heavy atom. The lowest BCUT2D eigenvalue weighted by Gasteiger charge is -2.40. The van der Waals surface area contributed by atoms with Gasteiger partial charge in [0.15, 0.2) is 0 Å². The second-order valence-electron chi connectivity index (χ2n) is 8.72. The van der Waals surface area contributed by atoms with Crippen molar-refractivity contribution < 1.29 is 9.59 Å². The lowest BCUT2D eigenvalue weighted by molar-refractivity contribution is -0.122. The molecule has 1 saturated heterocycles. The summed E-state index contributed by atoms with van der Waals surface area (Å²) in [5.41, 5.74) is 3.48. The predicted molar refractivity (Wildman–Crippen MR) is 113 cm³/mol. The molecule has 1 aliphatic heterocycles. The molecule has 29 heavy (non-hydrogen) atoms. The minimum Gasteiger partial charge on any atom is -0.354 e. The molecule has 152 valence electrons. The zero-order chi connectivity index (χ0) is 20.4. The summed E-state index contributed by atoms with van der Waals surface area (Å²) in [6.07, 6.45) is 6.76. The highest BCUT2D eigenvalue weighted by molar-refractivity contribution is 5.94. The molecule has 5 heteroatoms. The van der Waals surface area contributed by atoms with Gasteiger partial charge >= 0.3 is 0 Å². The fourth-order valence-electron chi connectivity index (χ4n) is 5.10. The van der Waals surface area contributed by atoms with Gasteiger partial charge in [-0.25, -0.2) is 0 Å². The zero-order valence-electron chi connectivity index (χ0n) is 17.2. The van der Waals surface area contributed by atoms with Crippen LogP contribution >= 0.6 is 0 Å². The number of carbonyl (C=O) groups is 2. The molecule has 1 unspecified atom stereocenters. The largest absolute Gasteiger partial charge is 0.354 e. The zero-order valence-corrected chi connectivity index (χ0v) is 17.2. The van der Waals surface area contributed by atoms with Crippen molar-refractivity contribution in [1.29, 1.82) is 0 Å². The van der Waals surface area contributed by atoms with Crippen molar-refractivity contribution in [3.05, 3.63) is 65.5 Å². The summed E-state index contributed by atoms with van der Waals surface area (Å²) in [5, 5.41) is 3.04. The molecule has 1 aromatic heterocycles. The average Bonchev–Trinajstić information content (AvgIpc) is 3.01. The maximum Gasteiger partial charge on any atom is 0.253 e. The quantitative estimate of drug-likeness (QED) is 0.865. The van der Waals surface area contributed by atoms with Gasteiger partial charge in [0, 0.05) is 43.5 Å². The number of carbonyl (C=O) groups excluding carboxylic acids is 2. The van der Waals surface area contributed by atoms with Crippen LogP contribution in [-0.4, -0.2) is 40.8 Å². The van der Waals surface area contributed by atoms with Crippen molar-refractivity contribution in [2.24, 2.45) is 0 Å². The van der Waals surface area contributed by atoms with E-state index in [-0.39, 0.29) is 29.2 Å². The molecule has 1 aromatic carbocycles. The van der Waals surface area contributed by atoms with Crippen molar-refractivity contribution in [3.8, 4) is 0 Å². The normalized spacial score (nSPS) is 20.0. The topological polar surface area (TPSA) is 62.3 Å². The number of nitrogens with zero attached hydrogens (tertiary/aromatic N) is 2. The van der Waals surface area contributed by atoms with E-state index in [0.29, 0.717) is 12.0 Å². The van der Waals surface area contributed by atoms with Gasteiger partial charge in [-0.2, -0.15) is 0 Å². The lowest BCUT2D eigenvalue weighted by Crippen LogP contribution is -2.44. The highest BCUT2D eigenvalue weighted by atomic mass is 16.2. The van der Waals surface area contributed by atoms with Crippen molar-refractivity contribution in [2.75, 3.05) is 13.1 Å². The summed E-state index contributed by atoms with van der Waals surface area (Å²) in [4.78, 5) is 31.2. The van der Waals surface area contributed by atoms with Crippen LogP contribution in [0.3, 0.4) is 0 Å². The first-order chi connectivity index (χ1) is 14.0. The van der Waals surface area contributed by atoms with Crippen molar-refractivity contribution in [2.45, 2.75) is 56.9 Å². The van der Waals surface area contributed by atoms with Gasteiger partial charge < -0.3 is 10.2 Å². The number of nitrogens with one attached hydrogen (secondary N) is 1. The molecule has 2 aromatic rings. The van der Waals surface area contributed by atoms with Gasteiger partial charge in [-0.3, -0.25) is 14.6 Å². The first kappa shape index (κ1) is 19.6. The lowest BCUT2D eigenvalue weighted by atomic mass is 9.73. The van der Waals surface area contributed by atoms with Gasteiger partial charge in [0.1, 0.15) is 0 Å². The molecule has 5 nitrogen and oxygen atoms in total. The van der Waals surface area contributed by atoms with Crippen molar-refractivity contribution >= 4 is 11.8 Å². The van der Waals surface area contributed by atoms with Gasteiger partial charge in [0.05, 0.1) is 0 Å². The molecule has 1 N–H and O–H groups in total. The molecule has 2 aliphatic rings. The minimum atomic E-state index is 0.0778. The summed E-state index contributed by atoms with van der Waals surface area (Å²) < 4.78 is 0. The minimum absolute atomic E-state index is 0.0778. The van der Waals surface area contributed by atoms with Gasteiger partial charge in [0.25, 0.3) is 5.91 Å². The Bertz CT molecular complexity index is 886. The molecular formula is C24H29N3O2. The van der Waals surface area contributed by atoms with E-state index < -0.39 is 0 Å².